The molecule has 0 saturated carbocycles. The Morgan fingerprint density at radius 2 is 1.85 bits per heavy atom. The topological polar surface area (TPSA) is 52.8 Å². The quantitative estimate of drug-likeness (QED) is 0.509. The Morgan fingerprint density at radius 3 is 2.56 bits per heavy atom. The van der Waals surface area contributed by atoms with Crippen LogP contribution in [0.3, 0.4) is 0 Å². The first-order valence-electron chi connectivity index (χ1n) is 8.63. The minimum Gasteiger partial charge on any atom is -0.490 e. The zero-order chi connectivity index (χ0) is 19.0. The Bertz CT molecular complexity index is 1250. The minimum atomic E-state index is -0.121. The van der Waals surface area contributed by atoms with Crippen LogP contribution in [-0.2, 0) is 0 Å². The molecule has 5 nitrogen and oxygen atoms in total. The van der Waals surface area contributed by atoms with Gasteiger partial charge in [0, 0.05) is 17.2 Å². The van der Waals surface area contributed by atoms with E-state index in [1.54, 1.807) is 16.5 Å². The van der Waals surface area contributed by atoms with Gasteiger partial charge < -0.3 is 9.47 Å². The number of imidazole rings is 1. The van der Waals surface area contributed by atoms with Gasteiger partial charge in [-0.25, -0.2) is 9.38 Å². The van der Waals surface area contributed by atoms with Gasteiger partial charge in [-0.15, -0.1) is 0 Å². The van der Waals surface area contributed by atoms with Gasteiger partial charge in [-0.05, 0) is 31.6 Å². The average Bonchev–Trinajstić information content (AvgIpc) is 3.14. The third-order valence-corrected chi connectivity index (χ3v) is 5.41. The van der Waals surface area contributed by atoms with E-state index < -0.39 is 0 Å². The van der Waals surface area contributed by atoms with E-state index >= 15 is 0 Å². The molecule has 2 aromatic carbocycles. The summed E-state index contributed by atoms with van der Waals surface area (Å²) in [5.41, 5.74) is 2.09. The molecular formula is C20H17ClN2O3S. The van der Waals surface area contributed by atoms with Gasteiger partial charge in [-0.3, -0.25) is 4.79 Å². The zero-order valence-corrected chi connectivity index (χ0v) is 16.4. The Morgan fingerprint density at radius 1 is 1.15 bits per heavy atom. The molecule has 2 heterocycles. The molecule has 0 N–H and O–H groups in total. The molecule has 0 unspecified atom stereocenters. The fourth-order valence-corrected chi connectivity index (χ4v) is 4.11. The molecule has 0 radical (unpaired) electrons. The van der Waals surface area contributed by atoms with Crippen LogP contribution in [0.5, 0.6) is 11.5 Å². The fraction of sp³-hybridized carbons (Fsp3) is 0.200. The molecule has 0 aliphatic heterocycles. The maximum Gasteiger partial charge on any atom is 0.274 e. The molecule has 27 heavy (non-hydrogen) atoms. The number of hydrogen-bond acceptors (Lipinski definition) is 5. The molecule has 7 heteroatoms. The van der Waals surface area contributed by atoms with Gasteiger partial charge >= 0.3 is 0 Å². The summed E-state index contributed by atoms with van der Waals surface area (Å²) < 4.78 is 13.5. The molecule has 0 aliphatic rings. The summed E-state index contributed by atoms with van der Waals surface area (Å²) in [4.78, 5) is 18.2. The summed E-state index contributed by atoms with van der Waals surface area (Å²) in [7, 11) is 0. The van der Waals surface area contributed by atoms with Crippen LogP contribution < -0.4 is 19.6 Å². The van der Waals surface area contributed by atoms with E-state index in [2.05, 4.69) is 4.98 Å². The van der Waals surface area contributed by atoms with Crippen molar-refractivity contribution < 1.29 is 9.47 Å². The first-order valence-corrected chi connectivity index (χ1v) is 9.82. The molecule has 0 spiro atoms. The molecule has 0 fully saturated rings. The lowest BCUT2D eigenvalue weighted by Crippen LogP contribution is -2.22. The number of nitrogens with zero attached hydrogens (tertiary/aromatic N) is 2. The summed E-state index contributed by atoms with van der Waals surface area (Å²) in [5, 5.41) is 0.604. The number of benzene rings is 2. The summed E-state index contributed by atoms with van der Waals surface area (Å²) in [6.07, 6.45) is 1.80. The summed E-state index contributed by atoms with van der Waals surface area (Å²) in [6.45, 7) is 4.86. The maximum absolute atomic E-state index is 13.0. The average molecular weight is 401 g/mol. The molecule has 0 aliphatic carbocycles. The van der Waals surface area contributed by atoms with Crippen molar-refractivity contribution in [2.75, 3.05) is 13.2 Å². The highest BCUT2D eigenvalue weighted by Gasteiger charge is 2.16. The van der Waals surface area contributed by atoms with Crippen molar-refractivity contribution in [3.05, 3.63) is 61.9 Å². The minimum absolute atomic E-state index is 0.121. The van der Waals surface area contributed by atoms with Crippen molar-refractivity contribution in [3.8, 4) is 11.5 Å². The van der Waals surface area contributed by atoms with Gasteiger partial charge in [0.2, 0.25) is 0 Å². The summed E-state index contributed by atoms with van der Waals surface area (Å²) >= 11 is 7.55. The number of fused-ring (bicyclic) bond motifs is 3. The van der Waals surface area contributed by atoms with E-state index in [0.717, 1.165) is 5.56 Å². The van der Waals surface area contributed by atoms with Crippen LogP contribution in [0, 0.1) is 0 Å². The van der Waals surface area contributed by atoms with Crippen molar-refractivity contribution in [1.82, 2.24) is 9.38 Å². The number of aromatic nitrogens is 2. The maximum atomic E-state index is 13.0. The van der Waals surface area contributed by atoms with Gasteiger partial charge in [0.25, 0.3) is 5.56 Å². The predicted octanol–water partition coefficient (Wildman–Crippen LogP) is 3.91. The number of halogens is 1. The lowest BCUT2D eigenvalue weighted by molar-refractivity contribution is 0.288. The van der Waals surface area contributed by atoms with E-state index in [4.69, 9.17) is 21.1 Å². The Balaban J connectivity index is 1.95. The highest BCUT2D eigenvalue weighted by atomic mass is 35.5. The van der Waals surface area contributed by atoms with Crippen LogP contribution in [-0.4, -0.2) is 22.6 Å². The molecule has 0 atom stereocenters. The van der Waals surface area contributed by atoms with Crippen molar-refractivity contribution in [2.24, 2.45) is 0 Å². The molecule has 0 saturated heterocycles. The van der Waals surface area contributed by atoms with E-state index in [1.165, 1.54) is 11.3 Å². The second-order valence-corrected chi connectivity index (χ2v) is 7.24. The van der Waals surface area contributed by atoms with Gasteiger partial charge in [-0.1, -0.05) is 41.1 Å². The molecule has 0 amide bonds. The second kappa shape index (κ2) is 7.21. The summed E-state index contributed by atoms with van der Waals surface area (Å²) in [5.74, 6) is 1.24. The smallest absolute Gasteiger partial charge is 0.274 e. The van der Waals surface area contributed by atoms with Gasteiger partial charge in [0.1, 0.15) is 0 Å². The van der Waals surface area contributed by atoms with E-state index in [0.29, 0.717) is 50.3 Å². The van der Waals surface area contributed by atoms with Crippen LogP contribution in [0.15, 0.2) is 41.2 Å². The number of hydrogen-bond donors (Lipinski definition) is 0. The Hall–Kier alpha value is -2.57. The van der Waals surface area contributed by atoms with Gasteiger partial charge in [0.15, 0.2) is 16.5 Å². The monoisotopic (exact) mass is 400 g/mol. The van der Waals surface area contributed by atoms with Crippen LogP contribution in [0.25, 0.3) is 22.1 Å². The van der Waals surface area contributed by atoms with Gasteiger partial charge in [0.05, 0.1) is 28.8 Å². The molecule has 0 bridgehead atoms. The first-order chi connectivity index (χ1) is 13.1. The molecule has 2 aromatic heterocycles. The Labute approximate surface area is 164 Å². The first kappa shape index (κ1) is 17.8. The lowest BCUT2D eigenvalue weighted by Gasteiger charge is -2.10. The zero-order valence-electron chi connectivity index (χ0n) is 14.9. The highest BCUT2D eigenvalue weighted by molar-refractivity contribution is 7.15. The summed E-state index contributed by atoms with van der Waals surface area (Å²) in [6, 6.07) is 11.1. The van der Waals surface area contributed by atoms with Crippen molar-refractivity contribution >= 4 is 45.0 Å². The van der Waals surface area contributed by atoms with Gasteiger partial charge in [-0.2, -0.15) is 0 Å². The largest absolute Gasteiger partial charge is 0.490 e. The van der Waals surface area contributed by atoms with Crippen molar-refractivity contribution in [3.63, 3.8) is 0 Å². The van der Waals surface area contributed by atoms with E-state index in [1.807, 2.05) is 44.2 Å². The van der Waals surface area contributed by atoms with Crippen molar-refractivity contribution in [2.45, 2.75) is 13.8 Å². The van der Waals surface area contributed by atoms with E-state index in [-0.39, 0.29) is 5.56 Å². The third-order valence-electron chi connectivity index (χ3n) is 4.10. The van der Waals surface area contributed by atoms with Crippen LogP contribution in [0.1, 0.15) is 19.4 Å². The molecule has 4 aromatic rings. The standard InChI is InChI=1S/C20H17ClN2O3S/c1-3-25-16-10-14-15(11-17(16)26-4-2)23-19(24)18(27-20(23)22-14)9-12-7-5-6-8-13(12)21/h5-11H,3-4H2,1-2H3. The van der Waals surface area contributed by atoms with Crippen molar-refractivity contribution in [1.29, 1.82) is 0 Å². The molecule has 138 valence electrons. The van der Waals surface area contributed by atoms with Crippen LogP contribution >= 0.6 is 22.9 Å². The normalized spacial score (nSPS) is 12.2. The number of thiazole rings is 1. The fourth-order valence-electron chi connectivity index (χ4n) is 2.94. The van der Waals surface area contributed by atoms with Crippen LogP contribution in [0.2, 0.25) is 5.02 Å². The lowest BCUT2D eigenvalue weighted by atomic mass is 10.2. The Kier molecular flexibility index (Phi) is 4.76. The number of rotatable bonds is 5. The highest BCUT2D eigenvalue weighted by Crippen LogP contribution is 2.33. The molecular weight excluding hydrogens is 384 g/mol. The SMILES string of the molecule is CCOc1cc2nc3sc(=Cc4ccccc4Cl)c(=O)n3c2cc1OCC. The molecule has 4 rings (SSSR count). The van der Waals surface area contributed by atoms with E-state index in [9.17, 15) is 4.79 Å². The third kappa shape index (κ3) is 3.15. The predicted molar refractivity (Wildman–Crippen MR) is 109 cm³/mol. The number of ether oxygens (including phenoxy) is 2. The second-order valence-electron chi connectivity index (χ2n) is 5.82. The van der Waals surface area contributed by atoms with Crippen LogP contribution in [0.4, 0.5) is 0 Å².